The fraction of sp³-hybridized carbons (Fsp3) is 0.372. The summed E-state index contributed by atoms with van der Waals surface area (Å²) in [5.74, 6) is -0.547. The number of carboxylic acids is 1. The van der Waals surface area contributed by atoms with Gasteiger partial charge in [-0.05, 0) is 97.2 Å². The number of alkyl halides is 3. The third kappa shape index (κ3) is 11.9. The number of nitrogen functional groups attached to an aromatic ring is 1. The quantitative estimate of drug-likeness (QED) is 0.144. The van der Waals surface area contributed by atoms with Gasteiger partial charge in [-0.25, -0.2) is 9.59 Å². The van der Waals surface area contributed by atoms with Crippen LogP contribution in [0.3, 0.4) is 0 Å². The molecule has 0 aromatic heterocycles. The summed E-state index contributed by atoms with van der Waals surface area (Å²) in [7, 11) is 0. The first kappa shape index (κ1) is 41.4. The lowest BCUT2D eigenvalue weighted by Gasteiger charge is -2.32. The second kappa shape index (κ2) is 19.2. The number of nitrogens with two attached hydrogens (primary N) is 1. The first-order chi connectivity index (χ1) is 26.8. The molecule has 2 saturated heterocycles. The van der Waals surface area contributed by atoms with Crippen molar-refractivity contribution in [2.24, 2.45) is 0 Å². The molecule has 298 valence electrons. The lowest BCUT2D eigenvalue weighted by atomic mass is 9.90. The van der Waals surface area contributed by atoms with Crippen LogP contribution in [0.25, 0.3) is 0 Å². The number of rotatable bonds is 9. The Bertz CT molecular complexity index is 1940. The highest BCUT2D eigenvalue weighted by atomic mass is 19.4. The van der Waals surface area contributed by atoms with Gasteiger partial charge in [-0.15, -0.1) is 0 Å². The zero-order valence-corrected chi connectivity index (χ0v) is 31.7. The summed E-state index contributed by atoms with van der Waals surface area (Å²) in [5.41, 5.74) is 12.6. The topological polar surface area (TPSA) is 134 Å². The standard InChI is InChI=1S/C23H25F3N2O4.C20H24N2O2/c1-15-4-7-17(11-20(15)27-12-21(29)30)18-3-2-10-28(13-18)22(31)32-14-16-5-8-19(9-6-16)23(24,25)26;1-15-9-10-17(12-19(15)21)18-8-5-11-22(13-18)20(23)24-14-16-6-3-2-4-7-16/h4-9,11,18,27H,2-3,10,12-14H2,1H3,(H,29,30);2-4,6-7,9-10,12,18H,5,8,11,13-14,21H2,1H3. The van der Waals surface area contributed by atoms with E-state index in [0.29, 0.717) is 37.7 Å². The van der Waals surface area contributed by atoms with Crippen LogP contribution in [0, 0.1) is 13.8 Å². The molecule has 0 aliphatic carbocycles. The summed E-state index contributed by atoms with van der Waals surface area (Å²) >= 11 is 0. The average molecular weight is 775 g/mol. The van der Waals surface area contributed by atoms with Gasteiger partial charge in [0.2, 0.25) is 0 Å². The van der Waals surface area contributed by atoms with Gasteiger partial charge in [0.15, 0.2) is 0 Å². The van der Waals surface area contributed by atoms with Gasteiger partial charge in [0.25, 0.3) is 0 Å². The van der Waals surface area contributed by atoms with Crippen LogP contribution in [0.2, 0.25) is 0 Å². The fourth-order valence-electron chi connectivity index (χ4n) is 6.83. The largest absolute Gasteiger partial charge is 0.480 e. The van der Waals surface area contributed by atoms with Gasteiger partial charge in [0.1, 0.15) is 19.8 Å². The molecule has 2 atom stereocenters. The number of aliphatic carboxylic acids is 1. The van der Waals surface area contributed by atoms with E-state index >= 15 is 0 Å². The zero-order chi connectivity index (χ0) is 40.2. The van der Waals surface area contributed by atoms with Gasteiger partial charge >= 0.3 is 24.3 Å². The number of nitrogens with one attached hydrogen (secondary N) is 1. The van der Waals surface area contributed by atoms with Crippen LogP contribution in [0.1, 0.15) is 76.5 Å². The maximum Gasteiger partial charge on any atom is 0.416 e. The highest BCUT2D eigenvalue weighted by Gasteiger charge is 2.30. The second-order valence-corrected chi connectivity index (χ2v) is 14.3. The van der Waals surface area contributed by atoms with Gasteiger partial charge in [-0.2, -0.15) is 13.2 Å². The highest BCUT2D eigenvalue weighted by molar-refractivity contribution is 5.73. The molecule has 4 aromatic rings. The fourth-order valence-corrected chi connectivity index (χ4v) is 6.83. The monoisotopic (exact) mass is 774 g/mol. The maximum absolute atomic E-state index is 12.7. The van der Waals surface area contributed by atoms with Gasteiger partial charge < -0.3 is 35.4 Å². The minimum atomic E-state index is -4.41. The number of aryl methyl sites for hydroxylation is 2. The number of anilines is 2. The molecule has 2 unspecified atom stereocenters. The molecule has 10 nitrogen and oxygen atoms in total. The Balaban J connectivity index is 0.000000223. The van der Waals surface area contributed by atoms with Crippen LogP contribution in [0.5, 0.6) is 0 Å². The molecule has 2 amide bonds. The second-order valence-electron chi connectivity index (χ2n) is 14.3. The van der Waals surface area contributed by atoms with E-state index in [-0.39, 0.29) is 25.2 Å². The number of carbonyl (C=O) groups excluding carboxylic acids is 2. The van der Waals surface area contributed by atoms with Gasteiger partial charge in [-0.3, -0.25) is 4.79 Å². The van der Waals surface area contributed by atoms with Crippen molar-refractivity contribution in [3.63, 3.8) is 0 Å². The first-order valence-corrected chi connectivity index (χ1v) is 18.7. The molecular weight excluding hydrogens is 725 g/mol. The van der Waals surface area contributed by atoms with Crippen molar-refractivity contribution in [2.45, 2.75) is 70.8 Å². The molecule has 2 heterocycles. The molecule has 13 heteroatoms. The SMILES string of the molecule is Cc1ccc(C2CCCN(C(=O)OCc3ccc(C(F)(F)F)cc3)C2)cc1NCC(=O)O.Cc1ccc(C2CCCN(C(=O)OCc3ccccc3)C2)cc1N. The Morgan fingerprint density at radius 1 is 0.750 bits per heavy atom. The number of carboxylic acid groups (broad SMARTS) is 1. The van der Waals surface area contributed by atoms with Crippen molar-refractivity contribution in [1.29, 1.82) is 0 Å². The van der Waals surface area contributed by atoms with E-state index in [2.05, 4.69) is 17.4 Å². The molecular formula is C43H49F3N4O6. The van der Waals surface area contributed by atoms with E-state index in [1.54, 1.807) is 4.90 Å². The number of nitrogens with zero attached hydrogens (tertiary/aromatic N) is 2. The molecule has 0 saturated carbocycles. The number of amides is 2. The molecule has 0 bridgehead atoms. The average Bonchev–Trinajstić information content (AvgIpc) is 3.20. The Kier molecular flexibility index (Phi) is 14.2. The van der Waals surface area contributed by atoms with E-state index in [1.807, 2.05) is 73.3 Å². The highest BCUT2D eigenvalue weighted by Crippen LogP contribution is 2.32. The van der Waals surface area contributed by atoms with E-state index in [1.165, 1.54) is 17.7 Å². The maximum atomic E-state index is 12.7. The predicted octanol–water partition coefficient (Wildman–Crippen LogP) is 9.12. The summed E-state index contributed by atoms with van der Waals surface area (Å²) in [6.45, 7) is 6.36. The summed E-state index contributed by atoms with van der Waals surface area (Å²) in [4.78, 5) is 39.1. The van der Waals surface area contributed by atoms with E-state index in [0.717, 1.165) is 78.0 Å². The van der Waals surface area contributed by atoms with Crippen molar-refractivity contribution < 1.29 is 42.1 Å². The van der Waals surface area contributed by atoms with Gasteiger partial charge in [0.05, 0.1) is 5.56 Å². The minimum Gasteiger partial charge on any atom is -0.480 e. The predicted molar refractivity (Wildman–Crippen MR) is 208 cm³/mol. The number of carbonyl (C=O) groups is 3. The normalized spacial score (nSPS) is 16.9. The van der Waals surface area contributed by atoms with E-state index in [4.69, 9.17) is 20.3 Å². The number of hydrogen-bond acceptors (Lipinski definition) is 7. The third-order valence-corrected chi connectivity index (χ3v) is 10.1. The lowest BCUT2D eigenvalue weighted by molar-refractivity contribution is -0.137. The van der Waals surface area contributed by atoms with Crippen LogP contribution in [-0.2, 0) is 33.7 Å². The van der Waals surface area contributed by atoms with Crippen LogP contribution >= 0.6 is 0 Å². The van der Waals surface area contributed by atoms with Crippen molar-refractivity contribution >= 4 is 29.5 Å². The first-order valence-electron chi connectivity index (χ1n) is 18.7. The van der Waals surface area contributed by atoms with Crippen LogP contribution in [0.4, 0.5) is 34.1 Å². The number of benzene rings is 4. The smallest absolute Gasteiger partial charge is 0.416 e. The summed E-state index contributed by atoms with van der Waals surface area (Å²) < 4.78 is 48.7. The number of halogens is 3. The Morgan fingerprint density at radius 3 is 1.79 bits per heavy atom. The molecule has 2 aliphatic rings. The number of ether oxygens (including phenoxy) is 2. The summed E-state index contributed by atoms with van der Waals surface area (Å²) in [6, 6.07) is 26.3. The summed E-state index contributed by atoms with van der Waals surface area (Å²) in [5, 5.41) is 11.8. The van der Waals surface area contributed by atoms with Crippen molar-refractivity contribution in [2.75, 3.05) is 43.8 Å². The molecule has 4 N–H and O–H groups in total. The molecule has 0 radical (unpaired) electrons. The lowest BCUT2D eigenvalue weighted by Crippen LogP contribution is -2.39. The molecule has 56 heavy (non-hydrogen) atoms. The minimum absolute atomic E-state index is 0.0772. The van der Waals surface area contributed by atoms with Crippen LogP contribution < -0.4 is 11.1 Å². The molecule has 0 spiro atoms. The van der Waals surface area contributed by atoms with Crippen LogP contribution in [0.15, 0.2) is 91.0 Å². The van der Waals surface area contributed by atoms with Crippen molar-refractivity contribution in [1.82, 2.24) is 9.80 Å². The van der Waals surface area contributed by atoms with Gasteiger partial charge in [-0.1, -0.05) is 66.7 Å². The molecule has 2 fully saturated rings. The molecule has 6 rings (SSSR count). The summed E-state index contributed by atoms with van der Waals surface area (Å²) in [6.07, 6.45) is -1.42. The van der Waals surface area contributed by atoms with E-state index < -0.39 is 23.8 Å². The number of piperidine rings is 2. The van der Waals surface area contributed by atoms with Crippen molar-refractivity contribution in [3.8, 4) is 0 Å². The number of likely N-dealkylation sites (tertiary alicyclic amines) is 2. The molecule has 2 aliphatic heterocycles. The Morgan fingerprint density at radius 2 is 1.27 bits per heavy atom. The van der Waals surface area contributed by atoms with Gasteiger partial charge in [0, 0.05) is 49.4 Å². The molecule has 4 aromatic carbocycles. The van der Waals surface area contributed by atoms with Crippen molar-refractivity contribution in [3.05, 3.63) is 130 Å². The zero-order valence-electron chi connectivity index (χ0n) is 31.7. The van der Waals surface area contributed by atoms with Crippen LogP contribution in [-0.4, -0.2) is 65.8 Å². The Hall–Kier alpha value is -5.72. The number of hydrogen-bond donors (Lipinski definition) is 3. The third-order valence-electron chi connectivity index (χ3n) is 10.1. The van der Waals surface area contributed by atoms with E-state index in [9.17, 15) is 27.6 Å². The Labute approximate surface area is 325 Å².